The Labute approximate surface area is 106 Å². The lowest BCUT2D eigenvalue weighted by Crippen LogP contribution is -2.16. The molecule has 1 aromatic carbocycles. The Balaban J connectivity index is 2.06. The first kappa shape index (κ1) is 12.6. The zero-order chi connectivity index (χ0) is 12.3. The lowest BCUT2D eigenvalue weighted by molar-refractivity contribution is 0.321. The second kappa shape index (κ2) is 5.68. The van der Waals surface area contributed by atoms with Gasteiger partial charge < -0.3 is 4.90 Å². The first-order chi connectivity index (χ1) is 8.18. The standard InChI is InChI=1S/C16H25N/c1-13(17(2)3)14-9-11-16(12-10-14)15-7-5-4-6-8-15/h9-13,15H,4-8H2,1-3H3. The molecule has 94 valence electrons. The van der Waals surface area contributed by atoms with E-state index < -0.39 is 0 Å². The van der Waals surface area contributed by atoms with Crippen molar-refractivity contribution in [3.05, 3.63) is 35.4 Å². The summed E-state index contributed by atoms with van der Waals surface area (Å²) >= 11 is 0. The van der Waals surface area contributed by atoms with Gasteiger partial charge in [0.2, 0.25) is 0 Å². The highest BCUT2D eigenvalue weighted by Crippen LogP contribution is 2.33. The molecular formula is C16H25N. The quantitative estimate of drug-likeness (QED) is 0.747. The molecule has 2 rings (SSSR count). The van der Waals surface area contributed by atoms with Gasteiger partial charge in [-0.05, 0) is 50.9 Å². The minimum atomic E-state index is 0.510. The highest BCUT2D eigenvalue weighted by molar-refractivity contribution is 5.27. The van der Waals surface area contributed by atoms with Crippen molar-refractivity contribution < 1.29 is 0 Å². The smallest absolute Gasteiger partial charge is 0.0313 e. The zero-order valence-electron chi connectivity index (χ0n) is 11.4. The molecule has 0 amide bonds. The molecule has 0 aromatic heterocycles. The number of nitrogens with zero attached hydrogens (tertiary/aromatic N) is 1. The minimum absolute atomic E-state index is 0.510. The van der Waals surface area contributed by atoms with Gasteiger partial charge in [-0.2, -0.15) is 0 Å². The topological polar surface area (TPSA) is 3.24 Å². The third-order valence-electron chi connectivity index (χ3n) is 4.27. The predicted octanol–water partition coefficient (Wildman–Crippen LogP) is 4.36. The van der Waals surface area contributed by atoms with Gasteiger partial charge in [-0.3, -0.25) is 0 Å². The van der Waals surface area contributed by atoms with E-state index in [-0.39, 0.29) is 0 Å². The van der Waals surface area contributed by atoms with Crippen LogP contribution in [-0.4, -0.2) is 19.0 Å². The fourth-order valence-corrected chi connectivity index (χ4v) is 2.78. The summed E-state index contributed by atoms with van der Waals surface area (Å²) in [4.78, 5) is 2.26. The van der Waals surface area contributed by atoms with Gasteiger partial charge >= 0.3 is 0 Å². The van der Waals surface area contributed by atoms with Crippen LogP contribution in [0.5, 0.6) is 0 Å². The van der Waals surface area contributed by atoms with Crippen molar-refractivity contribution in [3.8, 4) is 0 Å². The van der Waals surface area contributed by atoms with Gasteiger partial charge in [-0.25, -0.2) is 0 Å². The fourth-order valence-electron chi connectivity index (χ4n) is 2.78. The number of hydrogen-bond acceptors (Lipinski definition) is 1. The van der Waals surface area contributed by atoms with Crippen LogP contribution in [0.4, 0.5) is 0 Å². The van der Waals surface area contributed by atoms with E-state index in [0.717, 1.165) is 5.92 Å². The molecule has 17 heavy (non-hydrogen) atoms. The third-order valence-corrected chi connectivity index (χ3v) is 4.27. The molecule has 0 heterocycles. The molecule has 1 aromatic rings. The molecule has 1 heteroatoms. The Morgan fingerprint density at radius 2 is 1.59 bits per heavy atom. The van der Waals surface area contributed by atoms with Gasteiger partial charge in [-0.1, -0.05) is 43.5 Å². The maximum Gasteiger partial charge on any atom is 0.0313 e. The van der Waals surface area contributed by atoms with Crippen LogP contribution in [0.15, 0.2) is 24.3 Å². The molecule has 0 radical (unpaired) electrons. The summed E-state index contributed by atoms with van der Waals surface area (Å²) in [5, 5.41) is 0. The highest BCUT2D eigenvalue weighted by atomic mass is 15.1. The van der Waals surface area contributed by atoms with Crippen molar-refractivity contribution in [1.29, 1.82) is 0 Å². The fraction of sp³-hybridized carbons (Fsp3) is 0.625. The number of rotatable bonds is 3. The summed E-state index contributed by atoms with van der Waals surface area (Å²) in [7, 11) is 4.28. The van der Waals surface area contributed by atoms with E-state index in [9.17, 15) is 0 Å². The molecule has 0 bridgehead atoms. The van der Waals surface area contributed by atoms with Gasteiger partial charge in [0, 0.05) is 6.04 Å². The van der Waals surface area contributed by atoms with Gasteiger partial charge in [0.05, 0.1) is 0 Å². The molecule has 1 fully saturated rings. The van der Waals surface area contributed by atoms with E-state index >= 15 is 0 Å². The van der Waals surface area contributed by atoms with Crippen LogP contribution < -0.4 is 0 Å². The molecular weight excluding hydrogens is 206 g/mol. The maximum atomic E-state index is 2.35. The van der Waals surface area contributed by atoms with E-state index in [1.807, 2.05) is 0 Å². The van der Waals surface area contributed by atoms with Crippen molar-refractivity contribution in [2.45, 2.75) is 51.0 Å². The van der Waals surface area contributed by atoms with Crippen molar-refractivity contribution >= 4 is 0 Å². The molecule has 1 aliphatic carbocycles. The largest absolute Gasteiger partial charge is 0.303 e. The van der Waals surface area contributed by atoms with Crippen LogP contribution in [-0.2, 0) is 0 Å². The molecule has 1 atom stereocenters. The van der Waals surface area contributed by atoms with Crippen molar-refractivity contribution in [3.63, 3.8) is 0 Å². The second-order valence-corrected chi connectivity index (χ2v) is 5.64. The summed E-state index contributed by atoms with van der Waals surface area (Å²) in [6.45, 7) is 2.26. The Morgan fingerprint density at radius 3 is 2.12 bits per heavy atom. The van der Waals surface area contributed by atoms with Crippen LogP contribution in [0.25, 0.3) is 0 Å². The normalized spacial score (nSPS) is 19.5. The third kappa shape index (κ3) is 3.10. The maximum absolute atomic E-state index is 2.35. The van der Waals surface area contributed by atoms with E-state index in [1.54, 1.807) is 5.56 Å². The van der Waals surface area contributed by atoms with Crippen LogP contribution >= 0.6 is 0 Å². The Morgan fingerprint density at radius 1 is 1.00 bits per heavy atom. The minimum Gasteiger partial charge on any atom is -0.303 e. The summed E-state index contributed by atoms with van der Waals surface area (Å²) in [5.41, 5.74) is 2.98. The first-order valence-electron chi connectivity index (χ1n) is 6.95. The van der Waals surface area contributed by atoms with E-state index in [0.29, 0.717) is 6.04 Å². The average molecular weight is 231 g/mol. The van der Waals surface area contributed by atoms with Crippen LogP contribution in [0.1, 0.15) is 62.1 Å². The summed E-state index contributed by atoms with van der Waals surface area (Å²) in [6.07, 6.45) is 7.05. The van der Waals surface area contributed by atoms with Gasteiger partial charge in [0.15, 0.2) is 0 Å². The van der Waals surface area contributed by atoms with Crippen LogP contribution in [0.2, 0.25) is 0 Å². The van der Waals surface area contributed by atoms with E-state index in [4.69, 9.17) is 0 Å². The van der Waals surface area contributed by atoms with Gasteiger partial charge in [0.25, 0.3) is 0 Å². The monoisotopic (exact) mass is 231 g/mol. The SMILES string of the molecule is CC(c1ccc(C2CCCCC2)cc1)N(C)C. The predicted molar refractivity (Wildman–Crippen MR) is 74.4 cm³/mol. The average Bonchev–Trinajstić information content (AvgIpc) is 2.39. The summed E-state index contributed by atoms with van der Waals surface area (Å²) < 4.78 is 0. The van der Waals surface area contributed by atoms with E-state index in [2.05, 4.69) is 50.2 Å². The lowest BCUT2D eigenvalue weighted by atomic mass is 9.84. The molecule has 0 saturated heterocycles. The Bertz CT molecular complexity index is 333. The van der Waals surface area contributed by atoms with Crippen molar-refractivity contribution in [2.75, 3.05) is 14.1 Å². The van der Waals surface area contributed by atoms with Gasteiger partial charge in [0.1, 0.15) is 0 Å². The molecule has 0 N–H and O–H groups in total. The molecule has 1 saturated carbocycles. The highest BCUT2D eigenvalue weighted by Gasteiger charge is 2.15. The lowest BCUT2D eigenvalue weighted by Gasteiger charge is -2.24. The second-order valence-electron chi connectivity index (χ2n) is 5.64. The van der Waals surface area contributed by atoms with Crippen molar-refractivity contribution in [1.82, 2.24) is 4.90 Å². The number of benzene rings is 1. The summed E-state index contributed by atoms with van der Waals surface area (Å²) in [5.74, 6) is 0.826. The Kier molecular flexibility index (Phi) is 4.22. The molecule has 1 nitrogen and oxygen atoms in total. The number of hydrogen-bond donors (Lipinski definition) is 0. The molecule has 0 spiro atoms. The molecule has 0 aliphatic heterocycles. The zero-order valence-corrected chi connectivity index (χ0v) is 11.4. The van der Waals surface area contributed by atoms with Gasteiger partial charge in [-0.15, -0.1) is 0 Å². The Hall–Kier alpha value is -0.820. The van der Waals surface area contributed by atoms with Crippen molar-refractivity contribution in [2.24, 2.45) is 0 Å². The van der Waals surface area contributed by atoms with Crippen LogP contribution in [0.3, 0.4) is 0 Å². The molecule has 1 unspecified atom stereocenters. The van der Waals surface area contributed by atoms with Crippen LogP contribution in [0, 0.1) is 0 Å². The first-order valence-corrected chi connectivity index (χ1v) is 6.95. The van der Waals surface area contributed by atoms with E-state index in [1.165, 1.54) is 37.7 Å². The summed E-state index contributed by atoms with van der Waals surface area (Å²) in [6, 6.07) is 9.84. The molecule has 1 aliphatic rings.